The Kier molecular flexibility index (Phi) is 7.46. The molecule has 3 rings (SSSR count). The van der Waals surface area contributed by atoms with E-state index in [1.165, 1.54) is 28.6 Å². The Morgan fingerprint density at radius 2 is 1.69 bits per heavy atom. The summed E-state index contributed by atoms with van der Waals surface area (Å²) in [6, 6.07) is 11.7. The standard InChI is InChI=1S/C23H31NO7S/c1-14(2)12-24(19-10-5-15(3)11-16(19)4)32(28,29)18-8-6-17(7-9-18)30-13-20-21(25)22(26)23(27)31-20/h5-11,14,20-23,25-27H,12-13H2,1-4H3. The van der Waals surface area contributed by atoms with Gasteiger partial charge in [-0.05, 0) is 55.7 Å². The van der Waals surface area contributed by atoms with Gasteiger partial charge in [-0.25, -0.2) is 8.42 Å². The molecule has 0 aromatic heterocycles. The van der Waals surface area contributed by atoms with Gasteiger partial charge in [0.05, 0.1) is 10.6 Å². The smallest absolute Gasteiger partial charge is 0.264 e. The van der Waals surface area contributed by atoms with Gasteiger partial charge in [0.1, 0.15) is 30.7 Å². The zero-order valence-electron chi connectivity index (χ0n) is 18.7. The molecule has 176 valence electrons. The maximum Gasteiger partial charge on any atom is 0.264 e. The normalized spacial score (nSPS) is 23.5. The summed E-state index contributed by atoms with van der Waals surface area (Å²) >= 11 is 0. The van der Waals surface area contributed by atoms with Gasteiger partial charge >= 0.3 is 0 Å². The first-order chi connectivity index (χ1) is 15.0. The first-order valence-electron chi connectivity index (χ1n) is 10.5. The fraction of sp³-hybridized carbons (Fsp3) is 0.478. The number of rotatable bonds is 8. The molecule has 0 saturated carbocycles. The third-order valence-corrected chi connectivity index (χ3v) is 7.11. The maximum absolute atomic E-state index is 13.5. The van der Waals surface area contributed by atoms with E-state index < -0.39 is 34.6 Å². The summed E-state index contributed by atoms with van der Waals surface area (Å²) < 4.78 is 39.0. The molecule has 1 aliphatic heterocycles. The van der Waals surface area contributed by atoms with Crippen molar-refractivity contribution in [3.05, 3.63) is 53.6 Å². The molecule has 0 spiro atoms. The van der Waals surface area contributed by atoms with Crippen molar-refractivity contribution in [3.63, 3.8) is 0 Å². The van der Waals surface area contributed by atoms with E-state index in [1.807, 2.05) is 45.9 Å². The van der Waals surface area contributed by atoms with Gasteiger partial charge in [-0.15, -0.1) is 0 Å². The third-order valence-electron chi connectivity index (χ3n) is 5.32. The lowest BCUT2D eigenvalue weighted by Crippen LogP contribution is -2.35. The number of aliphatic hydroxyl groups excluding tert-OH is 3. The molecular formula is C23H31NO7S. The monoisotopic (exact) mass is 465 g/mol. The molecule has 8 nitrogen and oxygen atoms in total. The summed E-state index contributed by atoms with van der Waals surface area (Å²) in [7, 11) is -3.81. The van der Waals surface area contributed by atoms with Crippen LogP contribution in [0.4, 0.5) is 5.69 Å². The van der Waals surface area contributed by atoms with Crippen LogP contribution in [0.25, 0.3) is 0 Å². The van der Waals surface area contributed by atoms with Crippen LogP contribution in [-0.4, -0.2) is 61.5 Å². The van der Waals surface area contributed by atoms with Crippen LogP contribution >= 0.6 is 0 Å². The number of anilines is 1. The molecule has 2 aromatic rings. The highest BCUT2D eigenvalue weighted by atomic mass is 32.2. The molecule has 0 aliphatic carbocycles. The van der Waals surface area contributed by atoms with E-state index in [1.54, 1.807) is 0 Å². The van der Waals surface area contributed by atoms with Gasteiger partial charge in [0.2, 0.25) is 0 Å². The number of aryl methyl sites for hydroxylation is 2. The highest BCUT2D eigenvalue weighted by Crippen LogP contribution is 2.29. The molecule has 3 N–H and O–H groups in total. The zero-order chi connectivity index (χ0) is 23.6. The molecule has 0 radical (unpaired) electrons. The van der Waals surface area contributed by atoms with E-state index in [-0.39, 0.29) is 17.4 Å². The lowest BCUT2D eigenvalue weighted by atomic mass is 10.1. The second-order valence-corrected chi connectivity index (χ2v) is 10.4. The SMILES string of the molecule is Cc1ccc(N(CC(C)C)S(=O)(=O)c2ccc(OCC3OC(O)C(O)C3O)cc2)c(C)c1. The third kappa shape index (κ3) is 5.24. The molecule has 0 bridgehead atoms. The second-order valence-electron chi connectivity index (χ2n) is 8.55. The quantitative estimate of drug-likeness (QED) is 0.546. The van der Waals surface area contributed by atoms with Crippen LogP contribution in [0.15, 0.2) is 47.4 Å². The molecule has 0 amide bonds. The predicted octanol–water partition coefficient (Wildman–Crippen LogP) is 1.97. The van der Waals surface area contributed by atoms with Crippen LogP contribution in [0, 0.1) is 19.8 Å². The number of aliphatic hydroxyl groups is 3. The van der Waals surface area contributed by atoms with Gasteiger partial charge in [0.25, 0.3) is 10.0 Å². The maximum atomic E-state index is 13.5. The van der Waals surface area contributed by atoms with Crippen molar-refractivity contribution < 1.29 is 33.2 Å². The van der Waals surface area contributed by atoms with E-state index in [2.05, 4.69) is 0 Å². The van der Waals surface area contributed by atoms with Crippen LogP contribution in [0.1, 0.15) is 25.0 Å². The summed E-state index contributed by atoms with van der Waals surface area (Å²) in [4.78, 5) is 0.133. The number of nitrogens with zero attached hydrogens (tertiary/aromatic N) is 1. The summed E-state index contributed by atoms with van der Waals surface area (Å²) in [5.41, 5.74) is 2.59. The van der Waals surface area contributed by atoms with Gasteiger partial charge in [0, 0.05) is 6.54 Å². The van der Waals surface area contributed by atoms with Crippen molar-refractivity contribution in [2.45, 2.75) is 57.2 Å². The number of hydrogen-bond acceptors (Lipinski definition) is 7. The minimum atomic E-state index is -3.81. The topological polar surface area (TPSA) is 117 Å². The van der Waals surface area contributed by atoms with Gasteiger partial charge in [-0.1, -0.05) is 31.5 Å². The Morgan fingerprint density at radius 3 is 2.22 bits per heavy atom. The number of hydrogen-bond donors (Lipinski definition) is 3. The molecule has 1 saturated heterocycles. The Hall–Kier alpha value is -2.17. The molecule has 2 aromatic carbocycles. The first kappa shape index (κ1) is 24.5. The van der Waals surface area contributed by atoms with Crippen LogP contribution in [0.2, 0.25) is 0 Å². The minimum Gasteiger partial charge on any atom is -0.491 e. The van der Waals surface area contributed by atoms with Crippen molar-refractivity contribution in [1.82, 2.24) is 0 Å². The summed E-state index contributed by atoms with van der Waals surface area (Å²) in [5.74, 6) is 0.495. The Labute approximate surface area is 189 Å². The van der Waals surface area contributed by atoms with E-state index in [4.69, 9.17) is 9.47 Å². The number of sulfonamides is 1. The molecule has 32 heavy (non-hydrogen) atoms. The molecule has 1 heterocycles. The average molecular weight is 466 g/mol. The molecule has 4 atom stereocenters. The van der Waals surface area contributed by atoms with E-state index in [0.717, 1.165) is 11.1 Å². The lowest BCUT2D eigenvalue weighted by Gasteiger charge is -2.28. The lowest BCUT2D eigenvalue weighted by molar-refractivity contribution is -0.131. The highest BCUT2D eigenvalue weighted by molar-refractivity contribution is 7.92. The second kappa shape index (κ2) is 9.76. The summed E-state index contributed by atoms with van der Waals surface area (Å²) in [6.45, 7) is 8.03. The Bertz CT molecular complexity index is 1020. The first-order valence-corrected chi connectivity index (χ1v) is 12.0. The van der Waals surface area contributed by atoms with Crippen molar-refractivity contribution in [1.29, 1.82) is 0 Å². The van der Waals surface area contributed by atoms with Gasteiger partial charge in [-0.2, -0.15) is 0 Å². The van der Waals surface area contributed by atoms with Gasteiger partial charge in [-0.3, -0.25) is 4.31 Å². The molecule has 1 aliphatic rings. The number of ether oxygens (including phenoxy) is 2. The fourth-order valence-corrected chi connectivity index (χ4v) is 5.32. The Morgan fingerprint density at radius 1 is 1.03 bits per heavy atom. The van der Waals surface area contributed by atoms with Gasteiger partial charge < -0.3 is 24.8 Å². The minimum absolute atomic E-state index is 0.108. The summed E-state index contributed by atoms with van der Waals surface area (Å²) in [6.07, 6.45) is -5.03. The Balaban J connectivity index is 1.79. The molecule has 9 heteroatoms. The van der Waals surface area contributed by atoms with E-state index in [0.29, 0.717) is 18.0 Å². The van der Waals surface area contributed by atoms with Crippen LogP contribution in [0.5, 0.6) is 5.75 Å². The fourth-order valence-electron chi connectivity index (χ4n) is 3.62. The molecule has 1 fully saturated rings. The largest absolute Gasteiger partial charge is 0.491 e. The average Bonchev–Trinajstić information content (AvgIpc) is 2.98. The molecule has 4 unspecified atom stereocenters. The predicted molar refractivity (Wildman–Crippen MR) is 120 cm³/mol. The van der Waals surface area contributed by atoms with Crippen LogP contribution in [0.3, 0.4) is 0 Å². The van der Waals surface area contributed by atoms with Crippen molar-refractivity contribution in [3.8, 4) is 5.75 Å². The number of benzene rings is 2. The van der Waals surface area contributed by atoms with Crippen molar-refractivity contribution in [2.24, 2.45) is 5.92 Å². The zero-order valence-corrected chi connectivity index (χ0v) is 19.5. The highest BCUT2D eigenvalue weighted by Gasteiger charge is 2.42. The summed E-state index contributed by atoms with van der Waals surface area (Å²) in [5, 5.41) is 28.8. The van der Waals surface area contributed by atoms with Gasteiger partial charge in [0.15, 0.2) is 6.29 Å². The van der Waals surface area contributed by atoms with Crippen LogP contribution in [-0.2, 0) is 14.8 Å². The molecular weight excluding hydrogens is 434 g/mol. The van der Waals surface area contributed by atoms with Crippen molar-refractivity contribution >= 4 is 15.7 Å². The van der Waals surface area contributed by atoms with E-state index >= 15 is 0 Å². The van der Waals surface area contributed by atoms with E-state index in [9.17, 15) is 23.7 Å². The van der Waals surface area contributed by atoms with Crippen molar-refractivity contribution in [2.75, 3.05) is 17.5 Å². The van der Waals surface area contributed by atoms with Crippen LogP contribution < -0.4 is 9.04 Å².